The van der Waals surface area contributed by atoms with Crippen LogP contribution in [0, 0.1) is 5.82 Å². The fraction of sp³-hybridized carbons (Fsp3) is 0.423. The van der Waals surface area contributed by atoms with Crippen LogP contribution in [0.4, 0.5) is 4.39 Å². The monoisotopic (exact) mass is 493 g/mol. The normalized spacial score (nSPS) is 18.2. The number of benzene rings is 1. The summed E-state index contributed by atoms with van der Waals surface area (Å²) in [5.74, 6) is -0.272. The number of fused-ring (bicyclic) bond motifs is 2. The zero-order chi connectivity index (χ0) is 24.7. The molecule has 184 valence electrons. The van der Waals surface area contributed by atoms with E-state index in [0.717, 1.165) is 51.8 Å². The van der Waals surface area contributed by atoms with E-state index in [1.54, 1.807) is 23.0 Å². The van der Waals surface area contributed by atoms with Crippen molar-refractivity contribution in [1.29, 1.82) is 0 Å². The van der Waals surface area contributed by atoms with E-state index in [2.05, 4.69) is 48.3 Å². The molecule has 0 spiro atoms. The van der Waals surface area contributed by atoms with E-state index in [4.69, 9.17) is 14.6 Å². The largest absolute Gasteiger partial charge is 0.370 e. The van der Waals surface area contributed by atoms with E-state index in [1.165, 1.54) is 12.1 Å². The summed E-state index contributed by atoms with van der Waals surface area (Å²) in [6.45, 7) is 12.7. The van der Waals surface area contributed by atoms with E-state index in [0.29, 0.717) is 13.3 Å². The third-order valence-electron chi connectivity index (χ3n) is 6.69. The number of rotatable bonds is 7. The van der Waals surface area contributed by atoms with E-state index >= 15 is 0 Å². The molecule has 1 unspecified atom stereocenters. The highest BCUT2D eigenvalue weighted by molar-refractivity contribution is 6.76. The maximum atomic E-state index is 13.7. The number of aromatic nitrogens is 5. The molecule has 0 N–H and O–H groups in total. The van der Waals surface area contributed by atoms with Crippen LogP contribution in [0.2, 0.25) is 25.7 Å². The summed E-state index contributed by atoms with van der Waals surface area (Å²) in [7, 11) is -1.16. The SMILES string of the molecule is CC1[C@H](C)OCc2c(-c3ccnc4c3cnn4COCC[Si](C)(C)C)c(-c3ccc(F)cc3)nn21. The summed E-state index contributed by atoms with van der Waals surface area (Å²) < 4.78 is 29.6. The average molecular weight is 494 g/mol. The highest BCUT2D eigenvalue weighted by atomic mass is 28.3. The van der Waals surface area contributed by atoms with Gasteiger partial charge < -0.3 is 9.47 Å². The minimum Gasteiger partial charge on any atom is -0.370 e. The molecule has 5 rings (SSSR count). The Bertz CT molecular complexity index is 1340. The van der Waals surface area contributed by atoms with Gasteiger partial charge in [-0.1, -0.05) is 19.6 Å². The molecule has 35 heavy (non-hydrogen) atoms. The van der Waals surface area contributed by atoms with Crippen LogP contribution in [-0.4, -0.2) is 45.3 Å². The molecule has 0 saturated carbocycles. The third kappa shape index (κ3) is 4.68. The van der Waals surface area contributed by atoms with Gasteiger partial charge in [0, 0.05) is 37.4 Å². The van der Waals surface area contributed by atoms with Crippen molar-refractivity contribution in [2.75, 3.05) is 6.61 Å². The van der Waals surface area contributed by atoms with Crippen LogP contribution in [0.15, 0.2) is 42.7 Å². The second-order valence-electron chi connectivity index (χ2n) is 10.5. The van der Waals surface area contributed by atoms with Crippen LogP contribution < -0.4 is 0 Å². The molecule has 3 aromatic heterocycles. The topological polar surface area (TPSA) is 67.0 Å². The minimum atomic E-state index is -1.16. The van der Waals surface area contributed by atoms with Crippen LogP contribution in [0.25, 0.3) is 33.4 Å². The molecule has 0 bridgehead atoms. The lowest BCUT2D eigenvalue weighted by molar-refractivity contribution is -0.0101. The molecule has 1 aromatic carbocycles. The van der Waals surface area contributed by atoms with Gasteiger partial charge in [-0.05, 0) is 55.8 Å². The van der Waals surface area contributed by atoms with Gasteiger partial charge in [0.05, 0.1) is 30.6 Å². The van der Waals surface area contributed by atoms with Crippen molar-refractivity contribution in [3.63, 3.8) is 0 Å². The summed E-state index contributed by atoms with van der Waals surface area (Å²) >= 11 is 0. The standard InChI is InChI=1S/C26H32FN5O2Si/c1-17-18(2)34-15-23-24(25(30-32(17)23)19-6-8-20(27)9-7-19)21-10-11-28-26-22(21)14-29-31(26)16-33-12-13-35(3,4)5/h6-11,14,17-18H,12-13,15-16H2,1-5H3/t17?,18-/m0/s1. The second kappa shape index (κ2) is 9.29. The Labute approximate surface area is 205 Å². The van der Waals surface area contributed by atoms with Gasteiger partial charge in [0.15, 0.2) is 5.65 Å². The maximum absolute atomic E-state index is 13.7. The summed E-state index contributed by atoms with van der Waals surface area (Å²) in [6.07, 6.45) is 3.68. The first-order chi connectivity index (χ1) is 16.7. The van der Waals surface area contributed by atoms with Crippen molar-refractivity contribution in [2.24, 2.45) is 0 Å². The van der Waals surface area contributed by atoms with Crippen LogP contribution >= 0.6 is 0 Å². The fourth-order valence-corrected chi connectivity index (χ4v) is 5.16. The Morgan fingerprint density at radius 2 is 1.91 bits per heavy atom. The molecule has 7 nitrogen and oxygen atoms in total. The molecule has 1 aliphatic rings. The summed E-state index contributed by atoms with van der Waals surface area (Å²) in [5, 5.41) is 10.5. The van der Waals surface area contributed by atoms with E-state index < -0.39 is 8.07 Å². The zero-order valence-corrected chi connectivity index (χ0v) is 22.0. The van der Waals surface area contributed by atoms with Gasteiger partial charge in [-0.2, -0.15) is 10.2 Å². The summed E-state index contributed by atoms with van der Waals surface area (Å²) in [4.78, 5) is 4.61. The lowest BCUT2D eigenvalue weighted by Gasteiger charge is -2.28. The molecule has 0 radical (unpaired) electrons. The Morgan fingerprint density at radius 3 is 2.66 bits per heavy atom. The first-order valence-corrected chi connectivity index (χ1v) is 15.8. The lowest BCUT2D eigenvalue weighted by Crippen LogP contribution is -2.29. The summed E-state index contributed by atoms with van der Waals surface area (Å²) in [6, 6.07) is 9.66. The van der Waals surface area contributed by atoms with Crippen molar-refractivity contribution in [3.05, 3.63) is 54.2 Å². The smallest absolute Gasteiger partial charge is 0.160 e. The average Bonchev–Trinajstić information content (AvgIpc) is 3.41. The number of hydrogen-bond acceptors (Lipinski definition) is 5. The molecule has 4 heterocycles. The van der Waals surface area contributed by atoms with Gasteiger partial charge in [0.25, 0.3) is 0 Å². The van der Waals surface area contributed by atoms with Crippen molar-refractivity contribution in [2.45, 2.75) is 65.0 Å². The Balaban J connectivity index is 1.58. The van der Waals surface area contributed by atoms with Crippen LogP contribution in [0.3, 0.4) is 0 Å². The van der Waals surface area contributed by atoms with Crippen molar-refractivity contribution < 1.29 is 13.9 Å². The maximum Gasteiger partial charge on any atom is 0.160 e. The van der Waals surface area contributed by atoms with Gasteiger partial charge in [-0.25, -0.2) is 14.1 Å². The van der Waals surface area contributed by atoms with E-state index in [9.17, 15) is 4.39 Å². The number of pyridine rings is 1. The Morgan fingerprint density at radius 1 is 1.14 bits per heavy atom. The molecule has 4 aromatic rings. The van der Waals surface area contributed by atoms with Crippen LogP contribution in [0.5, 0.6) is 0 Å². The van der Waals surface area contributed by atoms with Crippen LogP contribution in [-0.2, 0) is 22.8 Å². The first kappa shape index (κ1) is 23.8. The first-order valence-electron chi connectivity index (χ1n) is 12.1. The number of hydrogen-bond donors (Lipinski definition) is 0. The predicted octanol–water partition coefficient (Wildman–Crippen LogP) is 5.89. The highest BCUT2D eigenvalue weighted by Gasteiger charge is 2.31. The van der Waals surface area contributed by atoms with Crippen molar-refractivity contribution in [1.82, 2.24) is 24.5 Å². The zero-order valence-electron chi connectivity index (χ0n) is 21.0. The molecule has 0 fully saturated rings. The third-order valence-corrected chi connectivity index (χ3v) is 8.40. The second-order valence-corrected chi connectivity index (χ2v) is 16.1. The van der Waals surface area contributed by atoms with Gasteiger partial charge in [-0.3, -0.25) is 4.68 Å². The van der Waals surface area contributed by atoms with Gasteiger partial charge in [0.1, 0.15) is 18.2 Å². The molecule has 2 atom stereocenters. The van der Waals surface area contributed by atoms with Crippen LogP contribution in [0.1, 0.15) is 25.6 Å². The molecular weight excluding hydrogens is 461 g/mol. The lowest BCUT2D eigenvalue weighted by atomic mass is 9.97. The Kier molecular flexibility index (Phi) is 6.33. The Hall–Kier alpha value is -2.88. The quantitative estimate of drug-likeness (QED) is 0.237. The minimum absolute atomic E-state index is 0.0461. The molecule has 0 aliphatic carbocycles. The molecule has 9 heteroatoms. The molecule has 0 amide bonds. The fourth-order valence-electron chi connectivity index (χ4n) is 4.40. The number of nitrogens with zero attached hydrogens (tertiary/aromatic N) is 5. The number of ether oxygens (including phenoxy) is 2. The van der Waals surface area contributed by atoms with Gasteiger partial charge >= 0.3 is 0 Å². The number of halogens is 1. The van der Waals surface area contributed by atoms with E-state index in [-0.39, 0.29) is 18.0 Å². The van der Waals surface area contributed by atoms with Gasteiger partial charge in [0.2, 0.25) is 0 Å². The van der Waals surface area contributed by atoms with E-state index in [1.807, 2.05) is 12.3 Å². The van der Waals surface area contributed by atoms with Crippen molar-refractivity contribution in [3.8, 4) is 22.4 Å². The predicted molar refractivity (Wildman–Crippen MR) is 137 cm³/mol. The van der Waals surface area contributed by atoms with Gasteiger partial charge in [-0.15, -0.1) is 0 Å². The van der Waals surface area contributed by atoms with Crippen molar-refractivity contribution >= 4 is 19.1 Å². The highest BCUT2D eigenvalue weighted by Crippen LogP contribution is 2.41. The molecule has 0 saturated heterocycles. The molecule has 1 aliphatic heterocycles. The summed E-state index contributed by atoms with van der Waals surface area (Å²) in [5.41, 5.74) is 5.38. The molecular formula is C26H32FN5O2Si.